The van der Waals surface area contributed by atoms with E-state index in [0.29, 0.717) is 12.3 Å². The van der Waals surface area contributed by atoms with Gasteiger partial charge in [-0.3, -0.25) is 0 Å². The molecule has 0 spiro atoms. The first kappa shape index (κ1) is 52.3. The summed E-state index contributed by atoms with van der Waals surface area (Å²) in [7, 11) is 4.35. The Morgan fingerprint density at radius 1 is 0.642 bits per heavy atom. The molecule has 0 bridgehead atoms. The third-order valence-electron chi connectivity index (χ3n) is 17.9. The van der Waals surface area contributed by atoms with E-state index in [0.717, 1.165) is 51.4 Å². The van der Waals surface area contributed by atoms with Crippen LogP contribution in [0.15, 0.2) is 11.6 Å². The first-order chi connectivity index (χ1) is 31.9. The summed E-state index contributed by atoms with van der Waals surface area (Å²) in [6, 6.07) is 0. The smallest absolute Gasteiger partial charge is 0.187 e. The molecule has 67 heavy (non-hydrogen) atoms. The van der Waals surface area contributed by atoms with Crippen LogP contribution < -0.4 is 0 Å². The molecular formula is C48H80O19. The third kappa shape index (κ3) is 9.47. The molecule has 8 rings (SSSR count). The summed E-state index contributed by atoms with van der Waals surface area (Å²) in [4.78, 5) is 0. The van der Waals surface area contributed by atoms with E-state index in [-0.39, 0.29) is 35.2 Å². The van der Waals surface area contributed by atoms with Crippen LogP contribution in [0.5, 0.6) is 0 Å². The van der Waals surface area contributed by atoms with Crippen molar-refractivity contribution in [2.45, 2.75) is 227 Å². The highest BCUT2D eigenvalue weighted by atomic mass is 16.8. The minimum Gasteiger partial charge on any atom is -0.394 e. The Morgan fingerprint density at radius 2 is 1.27 bits per heavy atom. The molecule has 0 amide bonds. The van der Waals surface area contributed by atoms with E-state index in [1.165, 1.54) is 19.8 Å². The molecule has 4 heterocycles. The van der Waals surface area contributed by atoms with Crippen LogP contribution in [-0.4, -0.2) is 204 Å². The number of methoxy groups -OCH3 is 3. The molecule has 19 heteroatoms. The summed E-state index contributed by atoms with van der Waals surface area (Å²) < 4.78 is 66.3. The molecule has 0 aromatic heterocycles. The number of hydrogen-bond donors (Lipinski definition) is 8. The minimum absolute atomic E-state index is 0.0421. The van der Waals surface area contributed by atoms with Gasteiger partial charge < -0.3 is 93.0 Å². The van der Waals surface area contributed by atoms with Crippen LogP contribution in [0.1, 0.15) is 98.8 Å². The van der Waals surface area contributed by atoms with Gasteiger partial charge in [0.2, 0.25) is 0 Å². The second-order valence-corrected chi connectivity index (χ2v) is 21.3. The van der Waals surface area contributed by atoms with Crippen molar-refractivity contribution in [3.63, 3.8) is 0 Å². The van der Waals surface area contributed by atoms with Gasteiger partial charge in [-0.25, -0.2) is 0 Å². The van der Waals surface area contributed by atoms with Gasteiger partial charge in [-0.15, -0.1) is 0 Å². The van der Waals surface area contributed by atoms with Gasteiger partial charge in [0.25, 0.3) is 0 Å². The zero-order chi connectivity index (χ0) is 48.3. The summed E-state index contributed by atoms with van der Waals surface area (Å²) in [5.41, 5.74) is 0.290. The predicted octanol–water partition coefficient (Wildman–Crippen LogP) is 0.795. The van der Waals surface area contributed by atoms with Crippen LogP contribution in [0, 0.1) is 28.6 Å². The fourth-order valence-electron chi connectivity index (χ4n) is 14.0. The molecule has 4 aliphatic carbocycles. The monoisotopic (exact) mass is 961 g/mol. The van der Waals surface area contributed by atoms with Gasteiger partial charge in [-0.05, 0) is 95.3 Å². The topological polar surface area (TPSA) is 263 Å². The first-order valence-corrected chi connectivity index (χ1v) is 24.7. The van der Waals surface area contributed by atoms with Gasteiger partial charge in [0, 0.05) is 39.6 Å². The van der Waals surface area contributed by atoms with Crippen molar-refractivity contribution in [1.82, 2.24) is 0 Å². The maximum absolute atomic E-state index is 12.4. The van der Waals surface area contributed by atoms with Crippen LogP contribution in [0.25, 0.3) is 0 Å². The standard InChI is InChI=1S/C48H80O19/c1-22(51)27-13-16-48(56)29-10-9-25-17-26(11-14-46(25,4)28(29)12-15-47(27,48)5)62-34-19-31(58-7)40(24(3)61-34)66-44-38(54)37(53)41(32(20-49)63-44)67-45-39(55)43(59-8)42(33(21-50)64-45)65-35-18-30(57-6)36(52)23(2)60-35/h17,22-24,26-45,49-56H,9-16,18-21H2,1-8H3. The van der Waals surface area contributed by atoms with E-state index in [2.05, 4.69) is 19.9 Å². The third-order valence-corrected chi connectivity index (χ3v) is 17.9. The molecule has 0 radical (unpaired) electrons. The normalized spacial score (nSPS) is 53.0. The number of fused-ring (bicyclic) bond motifs is 5. The number of hydrogen-bond acceptors (Lipinski definition) is 19. The Kier molecular flexibility index (Phi) is 16.3. The van der Waals surface area contributed by atoms with Crippen molar-refractivity contribution in [1.29, 1.82) is 0 Å². The second-order valence-electron chi connectivity index (χ2n) is 21.3. The zero-order valence-corrected chi connectivity index (χ0v) is 40.4. The fourth-order valence-corrected chi connectivity index (χ4v) is 14.0. The van der Waals surface area contributed by atoms with E-state index < -0.39 is 136 Å². The molecule has 386 valence electrons. The Bertz CT molecular complexity index is 1670. The molecular weight excluding hydrogens is 881 g/mol. The van der Waals surface area contributed by atoms with Crippen molar-refractivity contribution in [3.8, 4) is 0 Å². The summed E-state index contributed by atoms with van der Waals surface area (Å²) >= 11 is 0. The fraction of sp³-hybridized carbons (Fsp3) is 0.958. The largest absolute Gasteiger partial charge is 0.394 e. The number of aliphatic hydroxyl groups excluding tert-OH is 7. The molecule has 8 aliphatic rings. The molecule has 26 unspecified atom stereocenters. The predicted molar refractivity (Wildman–Crippen MR) is 234 cm³/mol. The summed E-state index contributed by atoms with van der Waals surface area (Å²) in [6.45, 7) is 8.67. The lowest BCUT2D eigenvalue weighted by Crippen LogP contribution is -2.66. The van der Waals surface area contributed by atoms with E-state index >= 15 is 0 Å². The van der Waals surface area contributed by atoms with Crippen LogP contribution in [0.4, 0.5) is 0 Å². The molecule has 8 N–H and O–H groups in total. The molecule has 4 aliphatic heterocycles. The number of allylic oxidation sites excluding steroid dienone is 1. The molecule has 26 atom stereocenters. The highest BCUT2D eigenvalue weighted by Gasteiger charge is 2.67. The zero-order valence-electron chi connectivity index (χ0n) is 40.4. The Balaban J connectivity index is 0.866. The van der Waals surface area contributed by atoms with Crippen molar-refractivity contribution in [2.24, 2.45) is 28.6 Å². The quantitative estimate of drug-likeness (QED) is 0.112. The number of rotatable bonds is 14. The highest BCUT2D eigenvalue weighted by molar-refractivity contribution is 5.28. The molecule has 3 saturated carbocycles. The van der Waals surface area contributed by atoms with Crippen LogP contribution in [-0.2, 0) is 52.1 Å². The lowest BCUT2D eigenvalue weighted by molar-refractivity contribution is -0.381. The van der Waals surface area contributed by atoms with Crippen molar-refractivity contribution in [2.75, 3.05) is 34.5 Å². The highest BCUT2D eigenvalue weighted by Crippen LogP contribution is 2.69. The van der Waals surface area contributed by atoms with E-state index in [1.54, 1.807) is 21.0 Å². The molecule has 19 nitrogen and oxygen atoms in total. The van der Waals surface area contributed by atoms with Crippen LogP contribution >= 0.6 is 0 Å². The van der Waals surface area contributed by atoms with E-state index in [4.69, 9.17) is 52.1 Å². The lowest BCUT2D eigenvalue weighted by atomic mass is 9.45. The van der Waals surface area contributed by atoms with Gasteiger partial charge in [-0.1, -0.05) is 25.5 Å². The van der Waals surface area contributed by atoms with Crippen LogP contribution in [0.3, 0.4) is 0 Å². The Morgan fingerprint density at radius 3 is 1.93 bits per heavy atom. The van der Waals surface area contributed by atoms with E-state index in [1.807, 2.05) is 6.92 Å². The molecule has 0 aromatic rings. The maximum Gasteiger partial charge on any atom is 0.187 e. The Hall–Kier alpha value is -1.02. The summed E-state index contributed by atoms with van der Waals surface area (Å²) in [5.74, 6) is 0.668. The maximum atomic E-state index is 12.4. The molecule has 0 aromatic carbocycles. The van der Waals surface area contributed by atoms with Crippen molar-refractivity contribution < 1.29 is 93.0 Å². The summed E-state index contributed by atoms with van der Waals surface area (Å²) in [6.07, 6.45) is -10.4. The first-order valence-electron chi connectivity index (χ1n) is 24.7. The van der Waals surface area contributed by atoms with Crippen LogP contribution in [0.2, 0.25) is 0 Å². The van der Waals surface area contributed by atoms with Crippen molar-refractivity contribution >= 4 is 0 Å². The average Bonchev–Trinajstić information content (AvgIpc) is 3.59. The number of ether oxygens (including phenoxy) is 11. The minimum atomic E-state index is -1.71. The van der Waals surface area contributed by atoms with E-state index in [9.17, 15) is 40.9 Å². The van der Waals surface area contributed by atoms with Gasteiger partial charge in [0.15, 0.2) is 25.2 Å². The lowest BCUT2D eigenvalue weighted by Gasteiger charge is -2.62. The molecule has 4 saturated heterocycles. The van der Waals surface area contributed by atoms with Gasteiger partial charge in [0.05, 0.1) is 55.4 Å². The van der Waals surface area contributed by atoms with Gasteiger partial charge >= 0.3 is 0 Å². The Labute approximate surface area is 394 Å². The second kappa shape index (κ2) is 20.8. The van der Waals surface area contributed by atoms with Gasteiger partial charge in [-0.2, -0.15) is 0 Å². The van der Waals surface area contributed by atoms with Crippen molar-refractivity contribution in [3.05, 3.63) is 11.6 Å². The molecule has 7 fully saturated rings. The summed E-state index contributed by atoms with van der Waals surface area (Å²) in [5, 5.41) is 88.7. The average molecular weight is 961 g/mol. The van der Waals surface area contributed by atoms with Gasteiger partial charge in [0.1, 0.15) is 61.0 Å². The SMILES string of the molecule is COC1CC(OC2C(CO)OC(OC3C(CO)OC(OC4C(C)OC(OC5C=C6CCC7C(CCC8(C)C(C(C)O)CCC78O)C6(C)CC5)CC4OC)C(O)C3O)C(O)C2OC)OC(C)C1O. The number of aliphatic hydroxyl groups is 8.